The predicted molar refractivity (Wildman–Crippen MR) is 126 cm³/mol. The van der Waals surface area contributed by atoms with Crippen LogP contribution >= 0.6 is 0 Å². The molecule has 1 aliphatic rings. The molecular weight excluding hydrogens is 424 g/mol. The summed E-state index contributed by atoms with van der Waals surface area (Å²) in [6.45, 7) is 1.74. The number of nitro benzene ring substituents is 1. The standard InChI is InChI=1S/C22H24N8O3/c1-33-19-11-5-16(6-12-19)15-23-28-21-25-20(24-17-7-9-18(10-8-17)30(31)32)26-22(27-21)29-13-3-2-4-14-29/h5-12,15H,2-4,13-14H2,1H3,(H2,24,25,26,27,28)/b23-15+. The van der Waals surface area contributed by atoms with Gasteiger partial charge >= 0.3 is 0 Å². The van der Waals surface area contributed by atoms with Crippen LogP contribution in [0.2, 0.25) is 0 Å². The normalized spacial score (nSPS) is 13.7. The molecule has 0 aliphatic carbocycles. The molecular formula is C22H24N8O3. The second-order valence-corrected chi connectivity index (χ2v) is 7.40. The Kier molecular flexibility index (Phi) is 6.88. The summed E-state index contributed by atoms with van der Waals surface area (Å²) in [7, 11) is 1.62. The van der Waals surface area contributed by atoms with Gasteiger partial charge in [-0.3, -0.25) is 10.1 Å². The summed E-state index contributed by atoms with van der Waals surface area (Å²) in [5.41, 5.74) is 4.40. The topological polar surface area (TPSA) is 131 Å². The van der Waals surface area contributed by atoms with Gasteiger partial charge < -0.3 is 15.0 Å². The molecule has 0 unspecified atom stereocenters. The van der Waals surface area contributed by atoms with E-state index in [-0.39, 0.29) is 5.69 Å². The average molecular weight is 448 g/mol. The van der Waals surface area contributed by atoms with Crippen LogP contribution in [0.5, 0.6) is 5.75 Å². The molecule has 0 spiro atoms. The van der Waals surface area contributed by atoms with E-state index in [4.69, 9.17) is 4.74 Å². The number of nitrogens with zero attached hydrogens (tertiary/aromatic N) is 6. The minimum atomic E-state index is -0.440. The Morgan fingerprint density at radius 3 is 2.36 bits per heavy atom. The van der Waals surface area contributed by atoms with E-state index < -0.39 is 4.92 Å². The Morgan fingerprint density at radius 1 is 1.00 bits per heavy atom. The van der Waals surface area contributed by atoms with Gasteiger partial charge in [-0.25, -0.2) is 5.43 Å². The summed E-state index contributed by atoms with van der Waals surface area (Å²) in [5, 5.41) is 18.2. The maximum Gasteiger partial charge on any atom is 0.269 e. The van der Waals surface area contributed by atoms with Gasteiger partial charge in [-0.2, -0.15) is 20.1 Å². The first-order chi connectivity index (χ1) is 16.1. The van der Waals surface area contributed by atoms with Crippen LogP contribution in [0.4, 0.5) is 29.2 Å². The van der Waals surface area contributed by atoms with Gasteiger partial charge in [0.15, 0.2) is 0 Å². The van der Waals surface area contributed by atoms with Gasteiger partial charge in [-0.1, -0.05) is 0 Å². The highest BCUT2D eigenvalue weighted by Gasteiger charge is 2.16. The highest BCUT2D eigenvalue weighted by Crippen LogP contribution is 2.22. The van der Waals surface area contributed by atoms with E-state index in [1.54, 1.807) is 25.5 Å². The van der Waals surface area contributed by atoms with Crippen molar-refractivity contribution in [3.8, 4) is 5.75 Å². The second-order valence-electron chi connectivity index (χ2n) is 7.40. The highest BCUT2D eigenvalue weighted by atomic mass is 16.6. The minimum Gasteiger partial charge on any atom is -0.497 e. The monoisotopic (exact) mass is 448 g/mol. The molecule has 1 fully saturated rings. The number of ether oxygens (including phenoxy) is 1. The van der Waals surface area contributed by atoms with Gasteiger partial charge in [0.25, 0.3) is 5.69 Å². The number of benzene rings is 2. The van der Waals surface area contributed by atoms with Gasteiger partial charge in [0.2, 0.25) is 17.8 Å². The van der Waals surface area contributed by atoms with Crippen molar-refractivity contribution in [1.82, 2.24) is 15.0 Å². The van der Waals surface area contributed by atoms with Crippen LogP contribution in [0.3, 0.4) is 0 Å². The molecule has 0 radical (unpaired) electrons. The SMILES string of the molecule is COc1ccc(/C=N/Nc2nc(Nc3ccc([N+](=O)[O-])cc3)nc(N3CCCCC3)n2)cc1. The molecule has 11 heteroatoms. The Hall–Kier alpha value is -4.28. The highest BCUT2D eigenvalue weighted by molar-refractivity contribution is 5.80. The number of rotatable bonds is 8. The number of nitro groups is 1. The van der Waals surface area contributed by atoms with Crippen LogP contribution in [0.15, 0.2) is 53.6 Å². The Morgan fingerprint density at radius 2 is 1.70 bits per heavy atom. The van der Waals surface area contributed by atoms with E-state index in [1.165, 1.54) is 18.6 Å². The van der Waals surface area contributed by atoms with Gasteiger partial charge in [-0.15, -0.1) is 0 Å². The molecule has 4 rings (SSSR count). The zero-order valence-corrected chi connectivity index (χ0v) is 18.1. The lowest BCUT2D eigenvalue weighted by atomic mass is 10.1. The van der Waals surface area contributed by atoms with E-state index in [9.17, 15) is 10.1 Å². The fraction of sp³-hybridized carbons (Fsp3) is 0.273. The fourth-order valence-electron chi connectivity index (χ4n) is 3.36. The molecule has 1 saturated heterocycles. The maximum atomic E-state index is 10.9. The Labute approximate surface area is 190 Å². The summed E-state index contributed by atoms with van der Waals surface area (Å²) in [6, 6.07) is 13.5. The summed E-state index contributed by atoms with van der Waals surface area (Å²) < 4.78 is 5.16. The van der Waals surface area contributed by atoms with Crippen LogP contribution in [0.1, 0.15) is 24.8 Å². The van der Waals surface area contributed by atoms with Gasteiger partial charge in [-0.05, 0) is 61.2 Å². The lowest BCUT2D eigenvalue weighted by Gasteiger charge is -2.26. The van der Waals surface area contributed by atoms with Crippen molar-refractivity contribution in [2.45, 2.75) is 19.3 Å². The molecule has 1 aliphatic heterocycles. The molecule has 3 aromatic rings. The number of hydrogen-bond donors (Lipinski definition) is 2. The number of piperidine rings is 1. The Balaban J connectivity index is 1.54. The zero-order chi connectivity index (χ0) is 23.0. The van der Waals surface area contributed by atoms with Crippen molar-refractivity contribution in [2.75, 3.05) is 35.8 Å². The third-order valence-corrected chi connectivity index (χ3v) is 5.09. The van der Waals surface area contributed by atoms with Crippen molar-refractivity contribution in [3.05, 3.63) is 64.2 Å². The van der Waals surface area contributed by atoms with Crippen molar-refractivity contribution in [2.24, 2.45) is 5.10 Å². The van der Waals surface area contributed by atoms with E-state index in [1.807, 2.05) is 24.3 Å². The number of hydrogen-bond acceptors (Lipinski definition) is 10. The van der Waals surface area contributed by atoms with Crippen molar-refractivity contribution >= 4 is 35.4 Å². The van der Waals surface area contributed by atoms with Crippen LogP contribution < -0.4 is 20.4 Å². The van der Waals surface area contributed by atoms with E-state index in [0.717, 1.165) is 37.2 Å². The summed E-state index contributed by atoms with van der Waals surface area (Å²) in [4.78, 5) is 26.0. The molecule has 0 bridgehead atoms. The molecule has 170 valence electrons. The summed E-state index contributed by atoms with van der Waals surface area (Å²) in [5.74, 6) is 1.93. The first kappa shape index (κ1) is 21.9. The van der Waals surface area contributed by atoms with Gasteiger partial charge in [0.05, 0.1) is 18.2 Å². The number of methoxy groups -OCH3 is 1. The summed E-state index contributed by atoms with van der Waals surface area (Å²) >= 11 is 0. The van der Waals surface area contributed by atoms with Crippen LogP contribution in [0.25, 0.3) is 0 Å². The van der Waals surface area contributed by atoms with E-state index in [0.29, 0.717) is 23.5 Å². The molecule has 0 amide bonds. The lowest BCUT2D eigenvalue weighted by molar-refractivity contribution is -0.384. The molecule has 0 saturated carbocycles. The van der Waals surface area contributed by atoms with Crippen LogP contribution in [-0.4, -0.2) is 46.3 Å². The number of hydrazone groups is 1. The smallest absolute Gasteiger partial charge is 0.269 e. The third kappa shape index (κ3) is 5.91. The van der Waals surface area contributed by atoms with Gasteiger partial charge in [0.1, 0.15) is 5.75 Å². The second kappa shape index (κ2) is 10.4. The molecule has 0 atom stereocenters. The zero-order valence-electron chi connectivity index (χ0n) is 18.1. The largest absolute Gasteiger partial charge is 0.497 e. The first-order valence-electron chi connectivity index (χ1n) is 10.6. The van der Waals surface area contributed by atoms with Crippen molar-refractivity contribution in [1.29, 1.82) is 0 Å². The molecule has 2 aromatic carbocycles. The van der Waals surface area contributed by atoms with Crippen molar-refractivity contribution < 1.29 is 9.66 Å². The molecule has 2 N–H and O–H groups in total. The van der Waals surface area contributed by atoms with E-state index >= 15 is 0 Å². The number of anilines is 4. The van der Waals surface area contributed by atoms with Crippen molar-refractivity contribution in [3.63, 3.8) is 0 Å². The molecule has 11 nitrogen and oxygen atoms in total. The molecule has 33 heavy (non-hydrogen) atoms. The summed E-state index contributed by atoms with van der Waals surface area (Å²) in [6.07, 6.45) is 5.00. The van der Waals surface area contributed by atoms with Crippen LogP contribution in [-0.2, 0) is 0 Å². The quantitative estimate of drug-likeness (QED) is 0.298. The maximum absolute atomic E-state index is 10.9. The third-order valence-electron chi connectivity index (χ3n) is 5.09. The van der Waals surface area contributed by atoms with Crippen LogP contribution in [0, 0.1) is 10.1 Å². The first-order valence-corrected chi connectivity index (χ1v) is 10.6. The van der Waals surface area contributed by atoms with E-state index in [2.05, 4.69) is 35.7 Å². The number of nitrogens with one attached hydrogen (secondary N) is 2. The molecule has 2 heterocycles. The lowest BCUT2D eigenvalue weighted by Crippen LogP contribution is -2.31. The molecule has 1 aromatic heterocycles. The number of non-ortho nitro benzene ring substituents is 1. The predicted octanol–water partition coefficient (Wildman–Crippen LogP) is 3.97. The Bertz CT molecular complexity index is 1110. The average Bonchev–Trinajstić information content (AvgIpc) is 2.85. The van der Waals surface area contributed by atoms with Gasteiger partial charge in [0, 0.05) is 30.9 Å². The fourth-order valence-corrected chi connectivity index (χ4v) is 3.36. The minimum absolute atomic E-state index is 0.0143. The number of aromatic nitrogens is 3.